The molecule has 0 bridgehead atoms. The van der Waals surface area contributed by atoms with Crippen molar-refractivity contribution in [3.8, 4) is 11.5 Å². The SMILES string of the molecule is C/C=C(\C)c1ccc(-n2c3ccccc3c3c2c2c4ccccc4ccc2n3-c2ccccn2)cc1.C=C(C)/C=C\C=C/C. The summed E-state index contributed by atoms with van der Waals surface area (Å²) in [6.45, 7) is 11.9. The number of pyridine rings is 1. The van der Waals surface area contributed by atoms with Gasteiger partial charge in [0.05, 0.1) is 22.1 Å². The lowest BCUT2D eigenvalue weighted by atomic mass is 10.1. The molecule has 0 radical (unpaired) electrons. The Morgan fingerprint density at radius 2 is 1.41 bits per heavy atom. The van der Waals surface area contributed by atoms with Crippen LogP contribution in [0.1, 0.15) is 33.3 Å². The van der Waals surface area contributed by atoms with E-state index in [2.05, 4.69) is 133 Å². The summed E-state index contributed by atoms with van der Waals surface area (Å²) in [5.74, 6) is 0.926. The highest BCUT2D eigenvalue weighted by atomic mass is 15.1. The second-order valence-electron chi connectivity index (χ2n) is 11.0. The molecule has 3 aromatic heterocycles. The zero-order valence-electron chi connectivity index (χ0n) is 25.8. The van der Waals surface area contributed by atoms with Crippen LogP contribution in [0.25, 0.3) is 60.7 Å². The number of rotatable bonds is 5. The number of allylic oxidation sites excluding steroid dienone is 7. The second kappa shape index (κ2) is 12.4. The number of hydrogen-bond acceptors (Lipinski definition) is 1. The lowest BCUT2D eigenvalue weighted by Crippen LogP contribution is -1.96. The van der Waals surface area contributed by atoms with Gasteiger partial charge in [0.25, 0.3) is 0 Å². The fourth-order valence-electron chi connectivity index (χ4n) is 5.86. The summed E-state index contributed by atoms with van der Waals surface area (Å²) in [7, 11) is 0. The van der Waals surface area contributed by atoms with E-state index < -0.39 is 0 Å². The first-order chi connectivity index (χ1) is 21.5. The Kier molecular flexibility index (Phi) is 8.12. The van der Waals surface area contributed by atoms with Crippen LogP contribution in [0, 0.1) is 0 Å². The summed E-state index contributed by atoms with van der Waals surface area (Å²) in [5, 5.41) is 4.95. The van der Waals surface area contributed by atoms with Crippen LogP contribution < -0.4 is 0 Å². The molecule has 0 saturated carbocycles. The Morgan fingerprint density at radius 3 is 2.11 bits per heavy atom. The smallest absolute Gasteiger partial charge is 0.137 e. The highest BCUT2D eigenvalue weighted by Crippen LogP contribution is 2.42. The lowest BCUT2D eigenvalue weighted by molar-refractivity contribution is 1.08. The quantitative estimate of drug-likeness (QED) is 0.188. The standard InChI is InChI=1S/C33H25N3.C8H12/c1-3-22(2)23-15-18-25(19-16-23)35-28-13-7-6-12-27(28)32-33(35)31-26-11-5-4-10-24(26)17-20-29(31)36(32)30-14-8-9-21-34-30;1-4-5-6-7-8(2)3/h3-21H,1-2H3;4-7H,2H2,1,3H3/b22-3+;5-4-,7-6-. The van der Waals surface area contributed by atoms with Crippen molar-refractivity contribution < 1.29 is 0 Å². The van der Waals surface area contributed by atoms with Crippen molar-refractivity contribution in [3.63, 3.8) is 0 Å². The van der Waals surface area contributed by atoms with E-state index in [1.807, 2.05) is 50.4 Å². The van der Waals surface area contributed by atoms with Crippen molar-refractivity contribution in [3.05, 3.63) is 157 Å². The summed E-state index contributed by atoms with van der Waals surface area (Å²) in [6.07, 6.45) is 11.9. The van der Waals surface area contributed by atoms with Crippen LogP contribution in [-0.4, -0.2) is 14.1 Å². The van der Waals surface area contributed by atoms with Crippen LogP contribution in [-0.2, 0) is 0 Å². The minimum Gasteiger partial charge on any atom is -0.307 e. The molecule has 216 valence electrons. The molecule has 3 nitrogen and oxygen atoms in total. The number of nitrogens with zero attached hydrogens (tertiary/aromatic N) is 3. The summed E-state index contributed by atoms with van der Waals surface area (Å²) in [5.41, 5.74) is 9.52. The predicted molar refractivity (Wildman–Crippen MR) is 191 cm³/mol. The van der Waals surface area contributed by atoms with Crippen LogP contribution in [0.5, 0.6) is 0 Å². The molecule has 0 fully saturated rings. The zero-order chi connectivity index (χ0) is 30.6. The summed E-state index contributed by atoms with van der Waals surface area (Å²) < 4.78 is 4.75. The minimum atomic E-state index is 0.926. The van der Waals surface area contributed by atoms with Gasteiger partial charge in [0.15, 0.2) is 0 Å². The van der Waals surface area contributed by atoms with E-state index in [-0.39, 0.29) is 0 Å². The van der Waals surface area contributed by atoms with Gasteiger partial charge in [0.2, 0.25) is 0 Å². The largest absolute Gasteiger partial charge is 0.307 e. The normalized spacial score (nSPS) is 12.1. The average molecular weight is 572 g/mol. The molecule has 0 N–H and O–H groups in total. The molecule has 4 aromatic carbocycles. The molecular formula is C41H37N3. The maximum Gasteiger partial charge on any atom is 0.137 e. The molecule has 3 heterocycles. The first-order valence-corrected chi connectivity index (χ1v) is 15.1. The number of para-hydroxylation sites is 1. The highest BCUT2D eigenvalue weighted by molar-refractivity contribution is 6.26. The van der Waals surface area contributed by atoms with Gasteiger partial charge in [0.1, 0.15) is 5.82 Å². The third kappa shape index (κ3) is 5.18. The van der Waals surface area contributed by atoms with Gasteiger partial charge in [-0.1, -0.05) is 109 Å². The van der Waals surface area contributed by atoms with E-state index in [1.165, 1.54) is 54.7 Å². The molecule has 0 unspecified atom stereocenters. The summed E-state index contributed by atoms with van der Waals surface area (Å²) >= 11 is 0. The molecule has 0 aliphatic rings. The Bertz CT molecular complexity index is 2200. The van der Waals surface area contributed by atoms with Crippen molar-refractivity contribution in [2.75, 3.05) is 0 Å². The maximum atomic E-state index is 4.78. The molecule has 7 aromatic rings. The molecule has 0 amide bonds. The van der Waals surface area contributed by atoms with Crippen LogP contribution >= 0.6 is 0 Å². The first kappa shape index (κ1) is 28.7. The molecule has 0 aliphatic heterocycles. The van der Waals surface area contributed by atoms with E-state index in [9.17, 15) is 0 Å². The highest BCUT2D eigenvalue weighted by Gasteiger charge is 2.23. The van der Waals surface area contributed by atoms with Gasteiger partial charge < -0.3 is 4.57 Å². The molecule has 7 rings (SSSR count). The summed E-state index contributed by atoms with van der Waals surface area (Å²) in [6, 6.07) is 36.9. The molecule has 0 aliphatic carbocycles. The number of aromatic nitrogens is 3. The van der Waals surface area contributed by atoms with Crippen molar-refractivity contribution >= 4 is 49.2 Å². The van der Waals surface area contributed by atoms with E-state index in [1.54, 1.807) is 0 Å². The second-order valence-corrected chi connectivity index (χ2v) is 11.0. The average Bonchev–Trinajstić information content (AvgIpc) is 3.58. The Balaban J connectivity index is 0.000000381. The molecule has 0 saturated heterocycles. The van der Waals surface area contributed by atoms with E-state index in [4.69, 9.17) is 4.98 Å². The monoisotopic (exact) mass is 571 g/mol. The van der Waals surface area contributed by atoms with Crippen LogP contribution in [0.15, 0.2) is 152 Å². The van der Waals surface area contributed by atoms with Gasteiger partial charge >= 0.3 is 0 Å². The van der Waals surface area contributed by atoms with Gasteiger partial charge in [-0.3, -0.25) is 4.57 Å². The Hall–Kier alpha value is -5.41. The number of fused-ring (bicyclic) bond motifs is 7. The summed E-state index contributed by atoms with van der Waals surface area (Å²) in [4.78, 5) is 4.78. The number of benzene rings is 4. The third-order valence-electron chi connectivity index (χ3n) is 8.03. The zero-order valence-corrected chi connectivity index (χ0v) is 25.8. The molecular weight excluding hydrogens is 534 g/mol. The van der Waals surface area contributed by atoms with Gasteiger partial charge in [-0.2, -0.15) is 0 Å². The Labute approximate surface area is 259 Å². The third-order valence-corrected chi connectivity index (χ3v) is 8.03. The Morgan fingerprint density at radius 1 is 0.682 bits per heavy atom. The molecule has 0 spiro atoms. The fourth-order valence-corrected chi connectivity index (χ4v) is 5.86. The number of hydrogen-bond donors (Lipinski definition) is 0. The van der Waals surface area contributed by atoms with E-state index in [0.29, 0.717) is 0 Å². The van der Waals surface area contributed by atoms with Crippen molar-refractivity contribution in [2.45, 2.75) is 27.7 Å². The van der Waals surface area contributed by atoms with Gasteiger partial charge in [0, 0.05) is 22.7 Å². The van der Waals surface area contributed by atoms with E-state index >= 15 is 0 Å². The molecule has 0 atom stereocenters. The van der Waals surface area contributed by atoms with Gasteiger partial charge in [-0.25, -0.2) is 4.98 Å². The fraction of sp³-hybridized carbons (Fsp3) is 0.0976. The van der Waals surface area contributed by atoms with Gasteiger partial charge in [-0.05, 0) is 86.0 Å². The molecule has 44 heavy (non-hydrogen) atoms. The van der Waals surface area contributed by atoms with Crippen LogP contribution in [0.3, 0.4) is 0 Å². The first-order valence-electron chi connectivity index (χ1n) is 15.1. The van der Waals surface area contributed by atoms with Crippen LogP contribution in [0.2, 0.25) is 0 Å². The predicted octanol–water partition coefficient (Wildman–Crippen LogP) is 11.4. The van der Waals surface area contributed by atoms with Crippen molar-refractivity contribution in [1.29, 1.82) is 0 Å². The van der Waals surface area contributed by atoms with E-state index in [0.717, 1.165) is 17.1 Å². The van der Waals surface area contributed by atoms with Crippen molar-refractivity contribution in [1.82, 2.24) is 14.1 Å². The topological polar surface area (TPSA) is 22.8 Å². The minimum absolute atomic E-state index is 0.926. The maximum absolute atomic E-state index is 4.78. The molecule has 3 heteroatoms. The van der Waals surface area contributed by atoms with Crippen LogP contribution in [0.4, 0.5) is 0 Å². The van der Waals surface area contributed by atoms with Crippen molar-refractivity contribution in [2.24, 2.45) is 0 Å². The lowest BCUT2D eigenvalue weighted by Gasteiger charge is -2.11. The van der Waals surface area contributed by atoms with Gasteiger partial charge in [-0.15, -0.1) is 0 Å².